The fourth-order valence-electron chi connectivity index (χ4n) is 3.82. The Kier molecular flexibility index (Phi) is 5.12. The Balaban J connectivity index is 1.29. The summed E-state index contributed by atoms with van der Waals surface area (Å²) in [5, 5.41) is 18.8. The Morgan fingerprint density at radius 3 is 2.80 bits per heavy atom. The number of amides is 1. The molecule has 0 saturated heterocycles. The van der Waals surface area contributed by atoms with Gasteiger partial charge in [0.1, 0.15) is 11.8 Å². The molecule has 0 spiro atoms. The first-order valence-electron chi connectivity index (χ1n) is 10.6. The van der Waals surface area contributed by atoms with E-state index in [4.69, 9.17) is 16.6 Å². The SMILES string of the molecule is O=C(Nc1ncn[nH]1)c1ccc(-c2ccc3nnn(Cc4ccc5ncccc5c4)c3n2)cc1Cl. The maximum absolute atomic E-state index is 12.5. The van der Waals surface area contributed by atoms with Crippen molar-refractivity contribution in [3.63, 3.8) is 0 Å². The minimum Gasteiger partial charge on any atom is -0.291 e. The highest BCUT2D eigenvalue weighted by Gasteiger charge is 2.15. The summed E-state index contributed by atoms with van der Waals surface area (Å²) in [7, 11) is 0. The number of halogens is 1. The van der Waals surface area contributed by atoms with Gasteiger partial charge >= 0.3 is 0 Å². The van der Waals surface area contributed by atoms with Gasteiger partial charge in [-0.15, -0.1) is 5.10 Å². The summed E-state index contributed by atoms with van der Waals surface area (Å²) in [6.45, 7) is 0.513. The molecular weight excluding hydrogens is 466 g/mol. The van der Waals surface area contributed by atoms with Crippen LogP contribution in [0.15, 0.2) is 73.2 Å². The molecule has 6 aromatic rings. The molecule has 0 aliphatic carbocycles. The predicted octanol–water partition coefficient (Wildman–Crippen LogP) is 4.11. The Bertz CT molecular complexity index is 1690. The van der Waals surface area contributed by atoms with Crippen LogP contribution < -0.4 is 5.32 Å². The zero-order valence-electron chi connectivity index (χ0n) is 18.1. The molecule has 0 aliphatic heterocycles. The number of carbonyl (C=O) groups is 1. The Morgan fingerprint density at radius 2 is 1.94 bits per heavy atom. The lowest BCUT2D eigenvalue weighted by Gasteiger charge is -2.08. The van der Waals surface area contributed by atoms with Crippen molar-refractivity contribution in [1.29, 1.82) is 0 Å². The highest BCUT2D eigenvalue weighted by molar-refractivity contribution is 6.34. The van der Waals surface area contributed by atoms with E-state index in [9.17, 15) is 4.79 Å². The fraction of sp³-hybridized carbons (Fsp3) is 0.0417. The summed E-state index contributed by atoms with van der Waals surface area (Å²) in [5.41, 5.74) is 5.10. The van der Waals surface area contributed by atoms with E-state index in [0.29, 0.717) is 29.0 Å². The number of nitrogens with one attached hydrogen (secondary N) is 2. The number of aromatic nitrogens is 8. The Hall–Kier alpha value is -4.70. The second-order valence-corrected chi connectivity index (χ2v) is 8.21. The van der Waals surface area contributed by atoms with Crippen molar-refractivity contribution in [3.8, 4) is 11.3 Å². The first-order valence-corrected chi connectivity index (χ1v) is 11.0. The van der Waals surface area contributed by atoms with E-state index >= 15 is 0 Å². The summed E-state index contributed by atoms with van der Waals surface area (Å²) in [6, 6.07) is 18.9. The third-order valence-electron chi connectivity index (χ3n) is 5.52. The molecule has 0 unspecified atom stereocenters. The van der Waals surface area contributed by atoms with Gasteiger partial charge in [0.15, 0.2) is 5.65 Å². The van der Waals surface area contributed by atoms with Gasteiger partial charge in [-0.25, -0.2) is 14.8 Å². The molecule has 2 N–H and O–H groups in total. The number of aromatic amines is 1. The number of benzene rings is 2. The van der Waals surface area contributed by atoms with Crippen molar-refractivity contribution < 1.29 is 4.79 Å². The minimum absolute atomic E-state index is 0.241. The molecule has 4 heterocycles. The number of H-pyrrole nitrogens is 1. The number of pyridine rings is 2. The number of hydrogen-bond donors (Lipinski definition) is 2. The Morgan fingerprint density at radius 1 is 1.03 bits per heavy atom. The molecule has 35 heavy (non-hydrogen) atoms. The number of rotatable bonds is 5. The molecule has 0 aliphatic rings. The van der Waals surface area contributed by atoms with Crippen molar-refractivity contribution in [2.75, 3.05) is 5.32 Å². The lowest BCUT2D eigenvalue weighted by Crippen LogP contribution is -2.13. The fourth-order valence-corrected chi connectivity index (χ4v) is 4.08. The summed E-state index contributed by atoms with van der Waals surface area (Å²) in [6.07, 6.45) is 3.08. The Labute approximate surface area is 203 Å². The van der Waals surface area contributed by atoms with Gasteiger partial charge < -0.3 is 0 Å². The molecule has 0 bridgehead atoms. The van der Waals surface area contributed by atoms with Crippen molar-refractivity contribution >= 4 is 45.5 Å². The van der Waals surface area contributed by atoms with Gasteiger partial charge in [-0.3, -0.25) is 15.1 Å². The molecule has 2 aromatic carbocycles. The van der Waals surface area contributed by atoms with Crippen LogP contribution in [-0.2, 0) is 6.54 Å². The molecule has 6 rings (SSSR count). The third kappa shape index (κ3) is 4.06. The highest BCUT2D eigenvalue weighted by Crippen LogP contribution is 2.26. The smallest absolute Gasteiger partial charge is 0.259 e. The zero-order chi connectivity index (χ0) is 23.8. The van der Waals surface area contributed by atoms with E-state index < -0.39 is 5.91 Å². The zero-order valence-corrected chi connectivity index (χ0v) is 18.8. The topological polar surface area (TPSA) is 127 Å². The van der Waals surface area contributed by atoms with Crippen LogP contribution in [0.25, 0.3) is 33.3 Å². The van der Waals surface area contributed by atoms with Crippen LogP contribution in [-0.4, -0.2) is 46.1 Å². The largest absolute Gasteiger partial charge is 0.291 e. The molecule has 0 saturated carbocycles. The van der Waals surface area contributed by atoms with E-state index in [1.165, 1.54) is 6.33 Å². The number of fused-ring (bicyclic) bond motifs is 2. The standard InChI is InChI=1S/C24H16ClN9O/c25-18-11-16(4-5-17(18)23(35)30-24-27-13-28-32-24)20-7-8-21-22(29-20)34(33-31-21)12-14-3-6-19-15(10-14)2-1-9-26-19/h1-11,13H,12H2,(H2,27,28,30,32,35). The number of anilines is 1. The van der Waals surface area contributed by atoms with Gasteiger partial charge in [-0.1, -0.05) is 35.0 Å². The lowest BCUT2D eigenvalue weighted by atomic mass is 10.1. The second kappa shape index (κ2) is 8.58. The van der Waals surface area contributed by atoms with E-state index in [2.05, 4.69) is 41.9 Å². The van der Waals surface area contributed by atoms with Crippen LogP contribution in [0, 0.1) is 0 Å². The molecule has 0 atom stereocenters. The molecule has 11 heteroatoms. The predicted molar refractivity (Wildman–Crippen MR) is 131 cm³/mol. The van der Waals surface area contributed by atoms with Crippen LogP contribution in [0.2, 0.25) is 5.02 Å². The molecule has 1 amide bonds. The minimum atomic E-state index is -0.394. The van der Waals surface area contributed by atoms with E-state index in [1.54, 1.807) is 29.1 Å². The van der Waals surface area contributed by atoms with Crippen molar-refractivity contribution in [3.05, 3.63) is 89.3 Å². The summed E-state index contributed by atoms with van der Waals surface area (Å²) in [4.78, 5) is 25.5. The van der Waals surface area contributed by atoms with Gasteiger partial charge in [0.05, 0.1) is 28.3 Å². The van der Waals surface area contributed by atoms with E-state index in [-0.39, 0.29) is 11.0 Å². The summed E-state index contributed by atoms with van der Waals surface area (Å²) in [5.74, 6) is -0.153. The van der Waals surface area contributed by atoms with Crippen LogP contribution in [0.4, 0.5) is 5.95 Å². The quantitative estimate of drug-likeness (QED) is 0.379. The third-order valence-corrected chi connectivity index (χ3v) is 5.83. The first-order chi connectivity index (χ1) is 17.1. The van der Waals surface area contributed by atoms with Crippen LogP contribution in [0.1, 0.15) is 15.9 Å². The molecular formula is C24H16ClN9O. The van der Waals surface area contributed by atoms with Gasteiger partial charge in [-0.2, -0.15) is 10.1 Å². The van der Waals surface area contributed by atoms with E-state index in [0.717, 1.165) is 22.0 Å². The number of carbonyl (C=O) groups excluding carboxylic acids is 1. The van der Waals surface area contributed by atoms with Gasteiger partial charge in [0, 0.05) is 17.1 Å². The molecule has 4 aromatic heterocycles. The number of nitrogens with zero attached hydrogens (tertiary/aromatic N) is 7. The maximum atomic E-state index is 12.5. The summed E-state index contributed by atoms with van der Waals surface area (Å²) < 4.78 is 1.76. The van der Waals surface area contributed by atoms with Crippen LogP contribution >= 0.6 is 11.6 Å². The van der Waals surface area contributed by atoms with Crippen molar-refractivity contribution in [2.45, 2.75) is 6.54 Å². The van der Waals surface area contributed by atoms with Crippen LogP contribution in [0.5, 0.6) is 0 Å². The van der Waals surface area contributed by atoms with Gasteiger partial charge in [0.2, 0.25) is 5.95 Å². The average molecular weight is 482 g/mol. The normalized spacial score (nSPS) is 11.2. The molecule has 0 radical (unpaired) electrons. The monoisotopic (exact) mass is 481 g/mol. The summed E-state index contributed by atoms with van der Waals surface area (Å²) >= 11 is 6.43. The lowest BCUT2D eigenvalue weighted by molar-refractivity contribution is 0.102. The molecule has 170 valence electrons. The first kappa shape index (κ1) is 20.9. The van der Waals surface area contributed by atoms with Gasteiger partial charge in [0.25, 0.3) is 5.91 Å². The van der Waals surface area contributed by atoms with Crippen molar-refractivity contribution in [1.82, 2.24) is 40.1 Å². The average Bonchev–Trinajstić information content (AvgIpc) is 3.53. The van der Waals surface area contributed by atoms with E-state index in [1.807, 2.05) is 36.4 Å². The maximum Gasteiger partial charge on any atom is 0.259 e. The highest BCUT2D eigenvalue weighted by atomic mass is 35.5. The molecule has 0 fully saturated rings. The van der Waals surface area contributed by atoms with Gasteiger partial charge in [-0.05, 0) is 48.0 Å². The second-order valence-electron chi connectivity index (χ2n) is 7.80. The number of hydrogen-bond acceptors (Lipinski definition) is 7. The van der Waals surface area contributed by atoms with Crippen LogP contribution in [0.3, 0.4) is 0 Å². The molecule has 10 nitrogen and oxygen atoms in total. The van der Waals surface area contributed by atoms with Crippen molar-refractivity contribution in [2.24, 2.45) is 0 Å².